The van der Waals surface area contributed by atoms with Crippen LogP contribution in [0.5, 0.6) is 0 Å². The summed E-state index contributed by atoms with van der Waals surface area (Å²) in [5, 5.41) is 1.78. The van der Waals surface area contributed by atoms with Crippen LogP contribution in [0.15, 0.2) is 29.4 Å². The summed E-state index contributed by atoms with van der Waals surface area (Å²) in [6.07, 6.45) is 1.88. The second-order valence-corrected chi connectivity index (χ2v) is 9.22. The Hall–Kier alpha value is -1.75. The summed E-state index contributed by atoms with van der Waals surface area (Å²) in [7, 11) is 0. The van der Waals surface area contributed by atoms with Crippen LogP contribution < -0.4 is 0 Å². The summed E-state index contributed by atoms with van der Waals surface area (Å²) in [5.74, 6) is 0. The molecule has 1 saturated heterocycles. The van der Waals surface area contributed by atoms with Gasteiger partial charge in [-0.1, -0.05) is 24.8 Å². The molecule has 0 N–H and O–H groups in total. The van der Waals surface area contributed by atoms with Gasteiger partial charge in [-0.25, -0.2) is 0 Å². The number of hydrogen-bond donors (Lipinski definition) is 0. The lowest BCUT2D eigenvalue weighted by Crippen LogP contribution is -2.29. The number of amidine groups is 1. The van der Waals surface area contributed by atoms with Crippen molar-refractivity contribution in [2.24, 2.45) is 4.99 Å². The summed E-state index contributed by atoms with van der Waals surface area (Å²) in [4.78, 5) is 12.3. The quantitative estimate of drug-likeness (QED) is 0.766. The first-order chi connectivity index (χ1) is 12.4. The minimum absolute atomic E-state index is 0.0750. The fraction of sp³-hybridized carbons (Fsp3) is 0.524. The lowest BCUT2D eigenvalue weighted by atomic mass is 9.93. The molecule has 138 valence electrons. The lowest BCUT2D eigenvalue weighted by Gasteiger charge is -2.28. The molecule has 0 saturated carbocycles. The van der Waals surface area contributed by atoms with Crippen molar-refractivity contribution in [1.29, 1.82) is 0 Å². The molecule has 26 heavy (non-hydrogen) atoms. The molecule has 4 rings (SSSR count). The van der Waals surface area contributed by atoms with E-state index in [1.165, 1.54) is 27.7 Å². The van der Waals surface area contributed by atoms with E-state index in [-0.39, 0.29) is 12.1 Å². The van der Waals surface area contributed by atoms with Gasteiger partial charge in [0.25, 0.3) is 0 Å². The number of pyridine rings is 1. The molecule has 0 radical (unpaired) electrons. The van der Waals surface area contributed by atoms with Gasteiger partial charge in [0.1, 0.15) is 6.04 Å². The second-order valence-electron chi connectivity index (χ2n) is 7.81. The van der Waals surface area contributed by atoms with E-state index in [1.54, 1.807) is 0 Å². The molecule has 0 spiro atoms. The van der Waals surface area contributed by atoms with Gasteiger partial charge in [-0.05, 0) is 52.3 Å². The molecule has 5 heteroatoms. The van der Waals surface area contributed by atoms with Gasteiger partial charge in [0.2, 0.25) is 0 Å². The van der Waals surface area contributed by atoms with Crippen molar-refractivity contribution in [3.63, 3.8) is 0 Å². The third kappa shape index (κ3) is 2.59. The van der Waals surface area contributed by atoms with Crippen molar-refractivity contribution in [2.75, 3.05) is 6.54 Å². The Balaban J connectivity index is 1.87. The predicted molar refractivity (Wildman–Crippen MR) is 110 cm³/mol. The molecule has 2 aliphatic heterocycles. The topological polar surface area (TPSA) is 33.4 Å². The fourth-order valence-electron chi connectivity index (χ4n) is 4.67. The first-order valence-electron chi connectivity index (χ1n) is 9.50. The molecule has 0 unspecified atom stereocenters. The zero-order valence-electron chi connectivity index (χ0n) is 16.5. The molecule has 4 nitrogen and oxygen atoms in total. The zero-order chi connectivity index (χ0) is 18.6. The van der Waals surface area contributed by atoms with Gasteiger partial charge in [-0.15, -0.1) is 0 Å². The average Bonchev–Trinajstić information content (AvgIpc) is 3.18. The summed E-state index contributed by atoms with van der Waals surface area (Å²) >= 11 is 1.90. The minimum atomic E-state index is 0.0750. The summed E-state index contributed by atoms with van der Waals surface area (Å²) < 4.78 is 2.48. The lowest BCUT2D eigenvalue weighted by molar-refractivity contribution is 0.318. The van der Waals surface area contributed by atoms with Crippen molar-refractivity contribution in [1.82, 2.24) is 14.5 Å². The third-order valence-electron chi connectivity index (χ3n) is 5.75. The van der Waals surface area contributed by atoms with Crippen LogP contribution in [0, 0.1) is 20.8 Å². The Morgan fingerprint density at radius 3 is 2.54 bits per heavy atom. The van der Waals surface area contributed by atoms with Gasteiger partial charge in [0, 0.05) is 41.0 Å². The van der Waals surface area contributed by atoms with Crippen LogP contribution in [0.3, 0.4) is 0 Å². The molecule has 0 aromatic carbocycles. The Labute approximate surface area is 160 Å². The average molecular weight is 369 g/mol. The second kappa shape index (κ2) is 6.45. The normalized spacial score (nSPS) is 25.1. The Kier molecular flexibility index (Phi) is 4.38. The van der Waals surface area contributed by atoms with E-state index in [0.717, 1.165) is 12.2 Å². The monoisotopic (exact) mass is 368 g/mol. The molecular formula is C21H28N4S. The van der Waals surface area contributed by atoms with E-state index < -0.39 is 0 Å². The van der Waals surface area contributed by atoms with E-state index in [1.807, 2.05) is 24.0 Å². The highest BCUT2D eigenvalue weighted by molar-refractivity contribution is 8.14. The highest BCUT2D eigenvalue weighted by Gasteiger charge is 2.45. The van der Waals surface area contributed by atoms with Crippen LogP contribution in [0.2, 0.25) is 0 Å². The van der Waals surface area contributed by atoms with Crippen molar-refractivity contribution < 1.29 is 0 Å². The standard InChI is InChI=1S/C21H28N4S/c1-12(2)25-15(5)14(4)18(16(25)6)20-19(17-9-7-8-10-22-17)23-21-24(20)11-13(3)26-21/h7-10,12-13,19-20H,11H2,1-6H3/t13-,19+,20-/m1/s1. The molecule has 0 aliphatic carbocycles. The molecule has 1 fully saturated rings. The van der Waals surface area contributed by atoms with Gasteiger partial charge in [-0.3, -0.25) is 9.98 Å². The van der Waals surface area contributed by atoms with Crippen LogP contribution in [-0.2, 0) is 0 Å². The Morgan fingerprint density at radius 1 is 1.15 bits per heavy atom. The van der Waals surface area contributed by atoms with E-state index >= 15 is 0 Å². The van der Waals surface area contributed by atoms with Crippen LogP contribution >= 0.6 is 11.8 Å². The molecule has 2 aromatic rings. The molecule has 0 amide bonds. The number of thioether (sulfide) groups is 1. The molecule has 3 atom stereocenters. The number of rotatable bonds is 3. The van der Waals surface area contributed by atoms with Crippen molar-refractivity contribution in [2.45, 2.75) is 64.9 Å². The van der Waals surface area contributed by atoms with E-state index in [0.29, 0.717) is 11.3 Å². The number of nitrogens with zero attached hydrogens (tertiary/aromatic N) is 4. The van der Waals surface area contributed by atoms with Crippen molar-refractivity contribution >= 4 is 16.9 Å². The molecular weight excluding hydrogens is 340 g/mol. The first-order valence-corrected chi connectivity index (χ1v) is 10.4. The van der Waals surface area contributed by atoms with Gasteiger partial charge in [0.15, 0.2) is 5.17 Å². The highest BCUT2D eigenvalue weighted by atomic mass is 32.2. The Bertz CT molecular complexity index is 853. The van der Waals surface area contributed by atoms with Gasteiger partial charge >= 0.3 is 0 Å². The largest absolute Gasteiger partial charge is 0.346 e. The van der Waals surface area contributed by atoms with E-state index in [4.69, 9.17) is 4.99 Å². The molecule has 2 aliphatic rings. The van der Waals surface area contributed by atoms with Crippen molar-refractivity contribution in [3.05, 3.63) is 52.6 Å². The fourth-order valence-corrected chi connectivity index (χ4v) is 5.76. The maximum atomic E-state index is 5.13. The van der Waals surface area contributed by atoms with Crippen LogP contribution in [-0.4, -0.2) is 31.4 Å². The van der Waals surface area contributed by atoms with Gasteiger partial charge < -0.3 is 9.47 Å². The molecule has 4 heterocycles. The van der Waals surface area contributed by atoms with E-state index in [9.17, 15) is 0 Å². The zero-order valence-corrected chi connectivity index (χ0v) is 17.3. The van der Waals surface area contributed by atoms with Crippen LogP contribution in [0.1, 0.15) is 67.1 Å². The summed E-state index contributed by atoms with van der Waals surface area (Å²) in [6, 6.07) is 6.96. The number of hydrogen-bond acceptors (Lipinski definition) is 4. The van der Waals surface area contributed by atoms with E-state index in [2.05, 4.69) is 68.1 Å². The van der Waals surface area contributed by atoms with Crippen molar-refractivity contribution in [3.8, 4) is 0 Å². The third-order valence-corrected chi connectivity index (χ3v) is 6.85. The van der Waals surface area contributed by atoms with Crippen LogP contribution in [0.25, 0.3) is 0 Å². The predicted octanol–water partition coefficient (Wildman–Crippen LogP) is 4.98. The molecule has 0 bridgehead atoms. The SMILES string of the molecule is Cc1c([C@@H]2[C@H](c3ccccn3)N=C3S[C@H](C)CN32)c(C)n(C(C)C)c1C. The Morgan fingerprint density at radius 2 is 1.92 bits per heavy atom. The summed E-state index contributed by atoms with van der Waals surface area (Å²) in [6.45, 7) is 14.7. The van der Waals surface area contributed by atoms with Gasteiger partial charge in [-0.2, -0.15) is 0 Å². The smallest absolute Gasteiger partial charge is 0.160 e. The first kappa shape index (κ1) is 17.7. The van der Waals surface area contributed by atoms with Gasteiger partial charge in [0.05, 0.1) is 11.7 Å². The minimum Gasteiger partial charge on any atom is -0.346 e. The molecule has 2 aromatic heterocycles. The maximum absolute atomic E-state index is 5.13. The number of aliphatic imine (C=N–C) groups is 1. The summed E-state index contributed by atoms with van der Waals surface area (Å²) in [5.41, 5.74) is 6.67. The number of fused-ring (bicyclic) bond motifs is 1. The highest BCUT2D eigenvalue weighted by Crippen LogP contribution is 2.49. The maximum Gasteiger partial charge on any atom is 0.160 e. The van der Waals surface area contributed by atoms with Crippen LogP contribution in [0.4, 0.5) is 0 Å². The number of aromatic nitrogens is 2.